The van der Waals surface area contributed by atoms with Gasteiger partial charge in [0.15, 0.2) is 0 Å². The maximum Gasteiger partial charge on any atom is 0.0853 e. The molecule has 0 aliphatic carbocycles. The van der Waals surface area contributed by atoms with E-state index in [1.54, 1.807) is 0 Å². The molecule has 0 unspecified atom stereocenters. The Morgan fingerprint density at radius 3 is 2.78 bits per heavy atom. The standard InChI is InChI=1S/C5H5ClN2O/c6-4-3-8(9)2-1-5(4)7/h1-3,7,9H. The molecule has 0 saturated carbocycles. The summed E-state index contributed by atoms with van der Waals surface area (Å²) in [5.41, 5.74) is 0. The van der Waals surface area contributed by atoms with Crippen molar-refractivity contribution in [2.45, 2.75) is 0 Å². The highest BCUT2D eigenvalue weighted by molar-refractivity contribution is 6.30. The summed E-state index contributed by atoms with van der Waals surface area (Å²) >= 11 is 5.45. The van der Waals surface area contributed by atoms with Gasteiger partial charge < -0.3 is 5.21 Å². The average molecular weight is 145 g/mol. The van der Waals surface area contributed by atoms with E-state index in [-0.39, 0.29) is 10.4 Å². The number of rotatable bonds is 0. The molecule has 0 atom stereocenters. The number of hydrogen-bond donors (Lipinski definition) is 2. The highest BCUT2D eigenvalue weighted by Gasteiger charge is 1.88. The van der Waals surface area contributed by atoms with Crippen molar-refractivity contribution in [3.8, 4) is 0 Å². The molecule has 2 N–H and O–H groups in total. The van der Waals surface area contributed by atoms with Crippen LogP contribution in [0.15, 0.2) is 18.5 Å². The molecule has 0 aliphatic rings. The average Bonchev–Trinajstić information content (AvgIpc) is 1.80. The summed E-state index contributed by atoms with van der Waals surface area (Å²) in [4.78, 5) is 0. The third-order valence-electron chi connectivity index (χ3n) is 0.897. The lowest BCUT2D eigenvalue weighted by atomic mass is 10.5. The van der Waals surface area contributed by atoms with E-state index in [9.17, 15) is 0 Å². The van der Waals surface area contributed by atoms with E-state index in [1.807, 2.05) is 0 Å². The fourth-order valence-electron chi connectivity index (χ4n) is 0.459. The van der Waals surface area contributed by atoms with Crippen molar-refractivity contribution in [3.05, 3.63) is 28.8 Å². The van der Waals surface area contributed by atoms with Crippen molar-refractivity contribution in [2.75, 3.05) is 0 Å². The third kappa shape index (κ3) is 1.23. The predicted octanol–water partition coefficient (Wildman–Crippen LogP) is 0.858. The molecular weight excluding hydrogens is 140 g/mol. The lowest BCUT2D eigenvalue weighted by Gasteiger charge is -1.94. The highest BCUT2D eigenvalue weighted by Crippen LogP contribution is 1.96. The molecule has 1 heterocycles. The first kappa shape index (κ1) is 6.16. The predicted molar refractivity (Wildman–Crippen MR) is 32.5 cm³/mol. The topological polar surface area (TPSA) is 49.0 Å². The SMILES string of the molecule is N=c1ccn(O)cc1Cl. The Hall–Kier alpha value is -0.960. The van der Waals surface area contributed by atoms with E-state index in [2.05, 4.69) is 0 Å². The van der Waals surface area contributed by atoms with Gasteiger partial charge >= 0.3 is 0 Å². The Labute approximate surface area is 56.6 Å². The van der Waals surface area contributed by atoms with E-state index in [1.165, 1.54) is 18.5 Å². The van der Waals surface area contributed by atoms with Gasteiger partial charge in [0.25, 0.3) is 0 Å². The Kier molecular flexibility index (Phi) is 1.44. The van der Waals surface area contributed by atoms with Gasteiger partial charge in [0.05, 0.1) is 16.6 Å². The Balaban J connectivity index is 3.34. The summed E-state index contributed by atoms with van der Waals surface area (Å²) in [5, 5.41) is 16.2. The van der Waals surface area contributed by atoms with E-state index >= 15 is 0 Å². The van der Waals surface area contributed by atoms with Gasteiger partial charge in [0.2, 0.25) is 0 Å². The molecule has 48 valence electrons. The number of halogens is 1. The largest absolute Gasteiger partial charge is 0.429 e. The van der Waals surface area contributed by atoms with Gasteiger partial charge in [-0.2, -0.15) is 0 Å². The van der Waals surface area contributed by atoms with Crippen molar-refractivity contribution in [2.24, 2.45) is 0 Å². The second-order valence-corrected chi connectivity index (χ2v) is 1.99. The lowest BCUT2D eigenvalue weighted by Crippen LogP contribution is -2.03. The van der Waals surface area contributed by atoms with Gasteiger partial charge in [0, 0.05) is 6.20 Å². The maximum absolute atomic E-state index is 8.69. The highest BCUT2D eigenvalue weighted by atomic mass is 35.5. The van der Waals surface area contributed by atoms with Crippen LogP contribution in [0.25, 0.3) is 0 Å². The molecule has 1 aromatic heterocycles. The van der Waals surface area contributed by atoms with Crippen molar-refractivity contribution < 1.29 is 5.21 Å². The molecule has 0 aliphatic heterocycles. The molecule has 0 aromatic carbocycles. The zero-order valence-corrected chi connectivity index (χ0v) is 5.26. The number of nitrogens with one attached hydrogen (secondary N) is 1. The van der Waals surface area contributed by atoms with Crippen LogP contribution < -0.4 is 5.36 Å². The van der Waals surface area contributed by atoms with Gasteiger partial charge in [-0.05, 0) is 6.07 Å². The summed E-state index contributed by atoms with van der Waals surface area (Å²) in [6, 6.07) is 1.41. The smallest absolute Gasteiger partial charge is 0.0853 e. The molecule has 0 fully saturated rings. The molecule has 0 saturated heterocycles. The fraction of sp³-hybridized carbons (Fsp3) is 0. The quantitative estimate of drug-likeness (QED) is 0.522. The maximum atomic E-state index is 8.69. The Morgan fingerprint density at radius 2 is 2.33 bits per heavy atom. The van der Waals surface area contributed by atoms with Crippen LogP contribution in [0.5, 0.6) is 0 Å². The first-order chi connectivity index (χ1) is 4.20. The van der Waals surface area contributed by atoms with E-state index in [0.29, 0.717) is 0 Å². The van der Waals surface area contributed by atoms with E-state index in [0.717, 1.165) is 4.73 Å². The van der Waals surface area contributed by atoms with E-state index < -0.39 is 0 Å². The van der Waals surface area contributed by atoms with Crippen molar-refractivity contribution in [1.29, 1.82) is 5.41 Å². The van der Waals surface area contributed by atoms with Crippen LogP contribution >= 0.6 is 11.6 Å². The van der Waals surface area contributed by atoms with Crippen molar-refractivity contribution >= 4 is 11.6 Å². The van der Waals surface area contributed by atoms with Gasteiger partial charge in [0.1, 0.15) is 0 Å². The number of pyridine rings is 1. The molecule has 3 nitrogen and oxygen atoms in total. The minimum atomic E-state index is 0.210. The molecule has 1 aromatic rings. The summed E-state index contributed by atoms with van der Waals surface area (Å²) in [6.45, 7) is 0. The zero-order chi connectivity index (χ0) is 6.85. The van der Waals surface area contributed by atoms with E-state index in [4.69, 9.17) is 22.2 Å². The number of aromatic nitrogens is 1. The van der Waals surface area contributed by atoms with Crippen LogP contribution in [-0.4, -0.2) is 9.94 Å². The van der Waals surface area contributed by atoms with Gasteiger partial charge in [-0.3, -0.25) is 5.41 Å². The van der Waals surface area contributed by atoms with Crippen molar-refractivity contribution in [1.82, 2.24) is 4.73 Å². The van der Waals surface area contributed by atoms with Gasteiger partial charge in [-0.1, -0.05) is 11.6 Å². The summed E-state index contributed by atoms with van der Waals surface area (Å²) in [6.07, 6.45) is 2.60. The van der Waals surface area contributed by atoms with Crippen LogP contribution in [0, 0.1) is 5.41 Å². The number of hydrogen-bond acceptors (Lipinski definition) is 2. The minimum Gasteiger partial charge on any atom is -0.429 e. The van der Waals surface area contributed by atoms with Crippen LogP contribution in [0.4, 0.5) is 0 Å². The molecule has 0 amide bonds. The van der Waals surface area contributed by atoms with Crippen LogP contribution in [0.3, 0.4) is 0 Å². The summed E-state index contributed by atoms with van der Waals surface area (Å²) in [7, 11) is 0. The third-order valence-corrected chi connectivity index (χ3v) is 1.20. The zero-order valence-electron chi connectivity index (χ0n) is 4.50. The van der Waals surface area contributed by atoms with Gasteiger partial charge in [-0.15, -0.1) is 0 Å². The first-order valence-electron chi connectivity index (χ1n) is 2.32. The molecular formula is C5H5ClN2O. The summed E-state index contributed by atoms with van der Waals surface area (Å²) < 4.78 is 0.806. The molecule has 9 heavy (non-hydrogen) atoms. The second kappa shape index (κ2) is 2.11. The Morgan fingerprint density at radius 1 is 1.67 bits per heavy atom. The molecule has 0 spiro atoms. The lowest BCUT2D eigenvalue weighted by molar-refractivity contribution is 0.184. The minimum absolute atomic E-state index is 0.210. The molecule has 0 bridgehead atoms. The van der Waals surface area contributed by atoms with Gasteiger partial charge in [-0.25, -0.2) is 4.73 Å². The monoisotopic (exact) mass is 144 g/mol. The normalized spacial score (nSPS) is 9.44. The van der Waals surface area contributed by atoms with Crippen LogP contribution in [0.1, 0.15) is 0 Å². The van der Waals surface area contributed by atoms with Crippen LogP contribution in [-0.2, 0) is 0 Å². The fourth-order valence-corrected chi connectivity index (χ4v) is 0.622. The molecule has 4 heteroatoms. The second-order valence-electron chi connectivity index (χ2n) is 1.59. The molecule has 0 radical (unpaired) electrons. The summed E-state index contributed by atoms with van der Waals surface area (Å²) in [5.74, 6) is 0. The van der Waals surface area contributed by atoms with Crippen LogP contribution in [0.2, 0.25) is 5.02 Å². The first-order valence-corrected chi connectivity index (χ1v) is 2.69. The van der Waals surface area contributed by atoms with Crippen molar-refractivity contribution in [3.63, 3.8) is 0 Å². The number of nitrogens with zero attached hydrogens (tertiary/aromatic N) is 1. The molecule has 1 rings (SSSR count). The Bertz CT molecular complexity index is 268.